The monoisotopic (exact) mass is 246 g/mol. The van der Waals surface area contributed by atoms with Gasteiger partial charge in [-0.3, -0.25) is 0 Å². The second-order valence-corrected chi connectivity index (χ2v) is 4.03. The average molecular weight is 246 g/mol. The van der Waals surface area contributed by atoms with Crippen LogP contribution >= 0.6 is 0 Å². The van der Waals surface area contributed by atoms with Gasteiger partial charge in [-0.2, -0.15) is 0 Å². The molecule has 96 valence electrons. The summed E-state index contributed by atoms with van der Waals surface area (Å²) >= 11 is 0. The Morgan fingerprint density at radius 1 is 1.33 bits per heavy atom. The molecule has 0 aliphatic carbocycles. The van der Waals surface area contributed by atoms with Crippen molar-refractivity contribution in [2.24, 2.45) is 7.05 Å². The van der Waals surface area contributed by atoms with Gasteiger partial charge in [0.2, 0.25) is 0 Å². The van der Waals surface area contributed by atoms with Gasteiger partial charge in [-0.15, -0.1) is 10.2 Å². The fourth-order valence-electron chi connectivity index (χ4n) is 1.63. The fraction of sp³-hybridized carbons (Fsp3) is 0.385. The van der Waals surface area contributed by atoms with Crippen molar-refractivity contribution in [1.82, 2.24) is 20.1 Å². The van der Waals surface area contributed by atoms with Gasteiger partial charge < -0.3 is 14.6 Å². The van der Waals surface area contributed by atoms with E-state index in [2.05, 4.69) is 28.5 Å². The zero-order valence-electron chi connectivity index (χ0n) is 10.8. The summed E-state index contributed by atoms with van der Waals surface area (Å²) in [5.74, 6) is 1.70. The number of rotatable bonds is 6. The van der Waals surface area contributed by atoms with Crippen LogP contribution in [0.25, 0.3) is 0 Å². The second kappa shape index (κ2) is 6.16. The summed E-state index contributed by atoms with van der Waals surface area (Å²) in [6.07, 6.45) is 1.67. The van der Waals surface area contributed by atoms with Gasteiger partial charge in [0.1, 0.15) is 18.7 Å². The lowest BCUT2D eigenvalue weighted by molar-refractivity contribution is 0.287. The molecule has 1 aromatic heterocycles. The van der Waals surface area contributed by atoms with E-state index in [4.69, 9.17) is 4.74 Å². The van der Waals surface area contributed by atoms with Gasteiger partial charge >= 0.3 is 0 Å². The number of hydrogen-bond donors (Lipinski definition) is 1. The third-order valence-corrected chi connectivity index (χ3v) is 2.70. The molecule has 5 heteroatoms. The van der Waals surface area contributed by atoms with E-state index in [0.29, 0.717) is 6.61 Å². The van der Waals surface area contributed by atoms with Crippen molar-refractivity contribution in [2.45, 2.75) is 20.1 Å². The van der Waals surface area contributed by atoms with Crippen molar-refractivity contribution in [1.29, 1.82) is 0 Å². The molecule has 0 unspecified atom stereocenters. The maximum Gasteiger partial charge on any atom is 0.170 e. The number of benzene rings is 1. The summed E-state index contributed by atoms with van der Waals surface area (Å²) in [6, 6.07) is 8.03. The molecule has 0 bridgehead atoms. The highest BCUT2D eigenvalue weighted by molar-refractivity contribution is 5.33. The minimum Gasteiger partial charge on any atom is -0.485 e. The Morgan fingerprint density at radius 2 is 2.17 bits per heavy atom. The highest BCUT2D eigenvalue weighted by Crippen LogP contribution is 2.18. The fourth-order valence-corrected chi connectivity index (χ4v) is 1.63. The van der Waals surface area contributed by atoms with Crippen LogP contribution in [0, 0.1) is 0 Å². The summed E-state index contributed by atoms with van der Waals surface area (Å²) in [7, 11) is 1.91. The number of nitrogens with one attached hydrogen (secondary N) is 1. The van der Waals surface area contributed by atoms with Gasteiger partial charge in [-0.25, -0.2) is 0 Å². The molecule has 0 amide bonds. The minimum atomic E-state index is 0.430. The summed E-state index contributed by atoms with van der Waals surface area (Å²) in [5, 5.41) is 11.1. The molecule has 0 radical (unpaired) electrons. The number of ether oxygens (including phenoxy) is 1. The number of aryl methyl sites for hydroxylation is 1. The van der Waals surface area contributed by atoms with Gasteiger partial charge in [0.15, 0.2) is 5.82 Å². The maximum absolute atomic E-state index is 5.80. The van der Waals surface area contributed by atoms with Crippen LogP contribution in [0.4, 0.5) is 0 Å². The highest BCUT2D eigenvalue weighted by Gasteiger charge is 2.05. The summed E-state index contributed by atoms with van der Waals surface area (Å²) in [4.78, 5) is 0. The smallest absolute Gasteiger partial charge is 0.170 e. The zero-order valence-corrected chi connectivity index (χ0v) is 10.8. The molecule has 0 atom stereocenters. The van der Waals surface area contributed by atoms with Crippen LogP contribution in [0.3, 0.4) is 0 Å². The van der Waals surface area contributed by atoms with Gasteiger partial charge in [0, 0.05) is 19.2 Å². The average Bonchev–Trinajstić information content (AvgIpc) is 2.80. The van der Waals surface area contributed by atoms with E-state index in [1.165, 1.54) is 0 Å². The lowest BCUT2D eigenvalue weighted by Gasteiger charge is -2.11. The van der Waals surface area contributed by atoms with Crippen LogP contribution in [0.15, 0.2) is 30.6 Å². The molecule has 1 aromatic carbocycles. The topological polar surface area (TPSA) is 52.0 Å². The first kappa shape index (κ1) is 12.6. The molecular weight excluding hydrogens is 228 g/mol. The predicted octanol–water partition coefficient (Wildman–Crippen LogP) is 1.50. The molecule has 1 heterocycles. The standard InChI is InChI=1S/C13H18N4O/c1-3-14-8-11-6-4-5-7-12(11)18-9-13-16-15-10-17(13)2/h4-7,10,14H,3,8-9H2,1-2H3. The lowest BCUT2D eigenvalue weighted by Crippen LogP contribution is -2.13. The van der Waals surface area contributed by atoms with Gasteiger partial charge in [0.05, 0.1) is 0 Å². The Hall–Kier alpha value is -1.88. The predicted molar refractivity (Wildman–Crippen MR) is 69.2 cm³/mol. The quantitative estimate of drug-likeness (QED) is 0.839. The summed E-state index contributed by atoms with van der Waals surface area (Å²) in [6.45, 7) is 4.27. The number of aromatic nitrogens is 3. The normalized spacial score (nSPS) is 10.6. The first-order chi connectivity index (χ1) is 8.81. The van der Waals surface area contributed by atoms with Gasteiger partial charge in [-0.05, 0) is 12.6 Å². The molecule has 18 heavy (non-hydrogen) atoms. The van der Waals surface area contributed by atoms with E-state index < -0.39 is 0 Å². The Kier molecular flexibility index (Phi) is 4.30. The molecule has 0 saturated carbocycles. The van der Waals surface area contributed by atoms with Crippen molar-refractivity contribution < 1.29 is 4.74 Å². The third kappa shape index (κ3) is 3.07. The number of nitrogens with zero attached hydrogens (tertiary/aromatic N) is 3. The van der Waals surface area contributed by atoms with Crippen LogP contribution < -0.4 is 10.1 Å². The van der Waals surface area contributed by atoms with E-state index in [9.17, 15) is 0 Å². The molecule has 2 aromatic rings. The van der Waals surface area contributed by atoms with Crippen molar-refractivity contribution >= 4 is 0 Å². The molecular formula is C13H18N4O. The number of hydrogen-bond acceptors (Lipinski definition) is 4. The van der Waals surface area contributed by atoms with Crippen molar-refractivity contribution in [3.8, 4) is 5.75 Å². The first-order valence-electron chi connectivity index (χ1n) is 6.05. The highest BCUT2D eigenvalue weighted by atomic mass is 16.5. The van der Waals surface area contributed by atoms with E-state index in [1.807, 2.05) is 29.8 Å². The molecule has 2 rings (SSSR count). The van der Waals surface area contributed by atoms with Crippen LogP contribution in [0.2, 0.25) is 0 Å². The molecule has 5 nitrogen and oxygen atoms in total. The van der Waals surface area contributed by atoms with E-state index in [1.54, 1.807) is 6.33 Å². The summed E-state index contributed by atoms with van der Waals surface area (Å²) < 4.78 is 7.65. The number of para-hydroxylation sites is 1. The Morgan fingerprint density at radius 3 is 2.89 bits per heavy atom. The SMILES string of the molecule is CCNCc1ccccc1OCc1nncn1C. The Bertz CT molecular complexity index is 495. The third-order valence-electron chi connectivity index (χ3n) is 2.70. The first-order valence-corrected chi connectivity index (χ1v) is 6.05. The van der Waals surface area contributed by atoms with Crippen molar-refractivity contribution in [3.05, 3.63) is 42.0 Å². The van der Waals surface area contributed by atoms with E-state index in [-0.39, 0.29) is 0 Å². The Labute approximate surface area is 107 Å². The van der Waals surface area contributed by atoms with Crippen LogP contribution in [-0.2, 0) is 20.2 Å². The Balaban J connectivity index is 2.02. The lowest BCUT2D eigenvalue weighted by atomic mass is 10.2. The van der Waals surface area contributed by atoms with Crippen LogP contribution in [0.1, 0.15) is 18.3 Å². The molecule has 0 aliphatic rings. The summed E-state index contributed by atoms with van der Waals surface area (Å²) in [5.41, 5.74) is 1.15. The molecule has 1 N–H and O–H groups in total. The van der Waals surface area contributed by atoms with Crippen LogP contribution in [0.5, 0.6) is 5.75 Å². The molecule has 0 aliphatic heterocycles. The molecule has 0 spiro atoms. The van der Waals surface area contributed by atoms with E-state index in [0.717, 1.165) is 30.2 Å². The van der Waals surface area contributed by atoms with E-state index >= 15 is 0 Å². The largest absolute Gasteiger partial charge is 0.485 e. The van der Waals surface area contributed by atoms with Crippen molar-refractivity contribution in [3.63, 3.8) is 0 Å². The van der Waals surface area contributed by atoms with Crippen molar-refractivity contribution in [2.75, 3.05) is 6.54 Å². The van der Waals surface area contributed by atoms with Gasteiger partial charge in [-0.1, -0.05) is 25.1 Å². The maximum atomic E-state index is 5.80. The van der Waals surface area contributed by atoms with Gasteiger partial charge in [0.25, 0.3) is 0 Å². The molecule has 0 fully saturated rings. The van der Waals surface area contributed by atoms with Crippen LogP contribution in [-0.4, -0.2) is 21.3 Å². The molecule has 0 saturated heterocycles. The zero-order chi connectivity index (χ0) is 12.8. The minimum absolute atomic E-state index is 0.430. The second-order valence-electron chi connectivity index (χ2n) is 4.03.